The van der Waals surface area contributed by atoms with Gasteiger partial charge in [0.2, 0.25) is 0 Å². The Morgan fingerprint density at radius 2 is 1.92 bits per heavy atom. The van der Waals surface area contributed by atoms with Crippen LogP contribution >= 0.6 is 0 Å². The first kappa shape index (κ1) is 12.5. The molecule has 1 atom stereocenters. The maximum Gasteiger partial charge on any atom is 0.0115 e. The lowest BCUT2D eigenvalue weighted by Gasteiger charge is -2.21. The molecule has 0 fully saturated rings. The lowest BCUT2D eigenvalue weighted by Crippen LogP contribution is -2.36. The highest BCUT2D eigenvalue weighted by Gasteiger charge is 2.08. The molecule has 1 N–H and O–H groups in total. The molecule has 0 saturated heterocycles. The van der Waals surface area contributed by atoms with Crippen LogP contribution in [0.2, 0.25) is 0 Å². The zero-order chi connectivity index (χ0) is 10.3. The molecular formula is C12H23N. The fourth-order valence-corrected chi connectivity index (χ4v) is 1.07. The van der Waals surface area contributed by atoms with Crippen LogP contribution in [-0.4, -0.2) is 12.1 Å². The summed E-state index contributed by atoms with van der Waals surface area (Å²) >= 11 is 0. The van der Waals surface area contributed by atoms with Crippen molar-refractivity contribution in [2.45, 2.75) is 53.0 Å². The van der Waals surface area contributed by atoms with E-state index in [0.29, 0.717) is 5.92 Å². The van der Waals surface area contributed by atoms with Gasteiger partial charge in [-0.15, -0.1) is 11.8 Å². The average molecular weight is 181 g/mol. The Kier molecular flexibility index (Phi) is 5.82. The van der Waals surface area contributed by atoms with Gasteiger partial charge in [0.1, 0.15) is 0 Å². The van der Waals surface area contributed by atoms with Gasteiger partial charge >= 0.3 is 0 Å². The first-order valence-electron chi connectivity index (χ1n) is 5.10. The van der Waals surface area contributed by atoms with Gasteiger partial charge in [0.25, 0.3) is 0 Å². The Morgan fingerprint density at radius 3 is 2.38 bits per heavy atom. The summed E-state index contributed by atoms with van der Waals surface area (Å²) in [6, 6.07) is 0. The summed E-state index contributed by atoms with van der Waals surface area (Å²) < 4.78 is 0. The highest BCUT2D eigenvalue weighted by Crippen LogP contribution is 2.06. The van der Waals surface area contributed by atoms with Gasteiger partial charge in [0.05, 0.1) is 0 Å². The summed E-state index contributed by atoms with van der Waals surface area (Å²) in [5, 5.41) is 3.48. The fraction of sp³-hybridized carbons (Fsp3) is 0.833. The Bertz CT molecular complexity index is 178. The normalized spacial score (nSPS) is 13.3. The van der Waals surface area contributed by atoms with Gasteiger partial charge < -0.3 is 5.32 Å². The van der Waals surface area contributed by atoms with Crippen LogP contribution < -0.4 is 5.32 Å². The van der Waals surface area contributed by atoms with Crippen LogP contribution in [0.5, 0.6) is 0 Å². The van der Waals surface area contributed by atoms with Gasteiger partial charge in [-0.2, -0.15) is 0 Å². The van der Waals surface area contributed by atoms with Crippen LogP contribution in [0.25, 0.3) is 0 Å². The van der Waals surface area contributed by atoms with Crippen LogP contribution in [0.4, 0.5) is 0 Å². The van der Waals surface area contributed by atoms with E-state index in [1.807, 2.05) is 6.92 Å². The summed E-state index contributed by atoms with van der Waals surface area (Å²) in [4.78, 5) is 0. The minimum Gasteiger partial charge on any atom is -0.312 e. The monoisotopic (exact) mass is 181 g/mol. The van der Waals surface area contributed by atoms with Crippen LogP contribution in [0.1, 0.15) is 47.5 Å². The van der Waals surface area contributed by atoms with Crippen LogP contribution in [0, 0.1) is 17.8 Å². The van der Waals surface area contributed by atoms with Crippen molar-refractivity contribution in [3.05, 3.63) is 0 Å². The summed E-state index contributed by atoms with van der Waals surface area (Å²) in [6.45, 7) is 11.8. The minimum absolute atomic E-state index is 0.246. The zero-order valence-electron chi connectivity index (χ0n) is 9.70. The molecule has 0 aromatic carbocycles. The van der Waals surface area contributed by atoms with E-state index in [-0.39, 0.29) is 5.54 Å². The van der Waals surface area contributed by atoms with Crippen molar-refractivity contribution >= 4 is 0 Å². The van der Waals surface area contributed by atoms with E-state index in [1.165, 1.54) is 6.42 Å². The highest BCUT2D eigenvalue weighted by atomic mass is 14.9. The molecule has 0 aliphatic heterocycles. The van der Waals surface area contributed by atoms with Gasteiger partial charge in [-0.3, -0.25) is 0 Å². The molecule has 0 aliphatic rings. The third-order valence-electron chi connectivity index (χ3n) is 1.92. The smallest absolute Gasteiger partial charge is 0.0115 e. The van der Waals surface area contributed by atoms with Crippen molar-refractivity contribution in [1.82, 2.24) is 5.32 Å². The van der Waals surface area contributed by atoms with E-state index >= 15 is 0 Å². The first-order valence-corrected chi connectivity index (χ1v) is 5.10. The molecule has 1 nitrogen and oxygen atoms in total. The van der Waals surface area contributed by atoms with E-state index in [4.69, 9.17) is 0 Å². The SMILES string of the molecule is CC#CCC(C)CCNC(C)(C)C. The number of nitrogens with one attached hydrogen (secondary N) is 1. The molecule has 0 radical (unpaired) electrons. The minimum atomic E-state index is 0.246. The molecule has 1 unspecified atom stereocenters. The van der Waals surface area contributed by atoms with E-state index in [0.717, 1.165) is 13.0 Å². The summed E-state index contributed by atoms with van der Waals surface area (Å²) in [6.07, 6.45) is 2.24. The fourth-order valence-electron chi connectivity index (χ4n) is 1.07. The Balaban J connectivity index is 3.46. The lowest BCUT2D eigenvalue weighted by atomic mass is 10.0. The van der Waals surface area contributed by atoms with Crippen LogP contribution in [0.15, 0.2) is 0 Å². The molecule has 13 heavy (non-hydrogen) atoms. The second-order valence-corrected chi connectivity index (χ2v) is 4.70. The van der Waals surface area contributed by atoms with Gasteiger partial charge in [-0.05, 0) is 46.6 Å². The Morgan fingerprint density at radius 1 is 1.31 bits per heavy atom. The predicted octanol–water partition coefficient (Wildman–Crippen LogP) is 2.81. The third-order valence-corrected chi connectivity index (χ3v) is 1.92. The summed E-state index contributed by atoms with van der Waals surface area (Å²) in [5.74, 6) is 6.76. The molecule has 1 heteroatoms. The summed E-state index contributed by atoms with van der Waals surface area (Å²) in [7, 11) is 0. The largest absolute Gasteiger partial charge is 0.312 e. The number of rotatable bonds is 4. The molecular weight excluding hydrogens is 158 g/mol. The molecule has 0 aliphatic carbocycles. The molecule has 0 bridgehead atoms. The standard InChI is InChI=1S/C12H23N/c1-6-7-8-11(2)9-10-13-12(3,4)5/h11,13H,8-10H2,1-5H3. The molecule has 0 saturated carbocycles. The van der Waals surface area contributed by atoms with E-state index in [1.54, 1.807) is 0 Å². The highest BCUT2D eigenvalue weighted by molar-refractivity contribution is 4.95. The van der Waals surface area contributed by atoms with Gasteiger partial charge in [-0.25, -0.2) is 0 Å². The predicted molar refractivity (Wildman–Crippen MR) is 59.6 cm³/mol. The van der Waals surface area contributed by atoms with Crippen molar-refractivity contribution in [3.63, 3.8) is 0 Å². The summed E-state index contributed by atoms with van der Waals surface area (Å²) in [5.41, 5.74) is 0.246. The molecule has 0 spiro atoms. The van der Waals surface area contributed by atoms with Gasteiger partial charge in [-0.1, -0.05) is 6.92 Å². The molecule has 0 rings (SSSR count). The lowest BCUT2D eigenvalue weighted by molar-refractivity contribution is 0.396. The second kappa shape index (κ2) is 6.05. The van der Waals surface area contributed by atoms with E-state index in [2.05, 4.69) is 44.9 Å². The maximum absolute atomic E-state index is 3.48. The van der Waals surface area contributed by atoms with Crippen molar-refractivity contribution < 1.29 is 0 Å². The number of hydrogen-bond acceptors (Lipinski definition) is 1. The van der Waals surface area contributed by atoms with Crippen LogP contribution in [-0.2, 0) is 0 Å². The van der Waals surface area contributed by atoms with Crippen molar-refractivity contribution in [3.8, 4) is 11.8 Å². The molecule has 0 amide bonds. The Hall–Kier alpha value is -0.480. The van der Waals surface area contributed by atoms with Crippen LogP contribution in [0.3, 0.4) is 0 Å². The van der Waals surface area contributed by atoms with Gasteiger partial charge in [0.15, 0.2) is 0 Å². The van der Waals surface area contributed by atoms with E-state index < -0.39 is 0 Å². The average Bonchev–Trinajstić information content (AvgIpc) is 1.98. The molecule has 0 aromatic heterocycles. The van der Waals surface area contributed by atoms with Gasteiger partial charge in [0, 0.05) is 12.0 Å². The topological polar surface area (TPSA) is 12.0 Å². The van der Waals surface area contributed by atoms with Crippen molar-refractivity contribution in [2.75, 3.05) is 6.54 Å². The number of hydrogen-bond donors (Lipinski definition) is 1. The zero-order valence-corrected chi connectivity index (χ0v) is 9.70. The second-order valence-electron chi connectivity index (χ2n) is 4.70. The van der Waals surface area contributed by atoms with Crippen molar-refractivity contribution in [1.29, 1.82) is 0 Å². The third kappa shape index (κ3) is 9.43. The quantitative estimate of drug-likeness (QED) is 0.658. The molecule has 0 aromatic rings. The maximum atomic E-state index is 3.48. The molecule has 76 valence electrons. The van der Waals surface area contributed by atoms with Crippen molar-refractivity contribution in [2.24, 2.45) is 5.92 Å². The first-order chi connectivity index (χ1) is 5.95. The molecule has 0 heterocycles. The van der Waals surface area contributed by atoms with E-state index in [9.17, 15) is 0 Å². The Labute approximate surface area is 83.3 Å².